The zero-order valence-electron chi connectivity index (χ0n) is 14.0. The molecule has 2 aromatic rings. The Morgan fingerprint density at radius 3 is 2.67 bits per heavy atom. The number of hydrogen-bond donors (Lipinski definition) is 2. The van der Waals surface area contributed by atoms with Gasteiger partial charge in [0, 0.05) is 24.6 Å². The smallest absolute Gasteiger partial charge is 0.289 e. The summed E-state index contributed by atoms with van der Waals surface area (Å²) in [5, 5.41) is 13.1. The Balaban J connectivity index is 1.61. The van der Waals surface area contributed by atoms with Crippen LogP contribution in [0.3, 0.4) is 0 Å². The molecule has 7 nitrogen and oxygen atoms in total. The first-order valence-electron chi connectivity index (χ1n) is 8.28. The highest BCUT2D eigenvalue weighted by Gasteiger charge is 2.32. The predicted octanol–water partition coefficient (Wildman–Crippen LogP) is 1.72. The molecule has 0 aliphatic heterocycles. The highest BCUT2D eigenvalue weighted by molar-refractivity contribution is 5.90. The molecule has 1 amide bonds. The minimum absolute atomic E-state index is 0.108. The number of carbonyl (C=O) groups excluding carboxylic acids is 1. The summed E-state index contributed by atoms with van der Waals surface area (Å²) in [6.45, 7) is 3.71. The second-order valence-corrected chi connectivity index (χ2v) is 6.88. The number of imidazole rings is 1. The van der Waals surface area contributed by atoms with Crippen molar-refractivity contribution in [3.8, 4) is 5.82 Å². The number of aromatic nitrogens is 4. The van der Waals surface area contributed by atoms with Gasteiger partial charge in [0.05, 0.1) is 5.60 Å². The van der Waals surface area contributed by atoms with Crippen molar-refractivity contribution in [1.82, 2.24) is 24.8 Å². The number of nitrogens with one attached hydrogen (secondary N) is 1. The first kappa shape index (κ1) is 16.6. The van der Waals surface area contributed by atoms with Gasteiger partial charge in [0.25, 0.3) is 5.91 Å². The zero-order chi connectivity index (χ0) is 17.2. The zero-order valence-corrected chi connectivity index (χ0v) is 14.0. The Bertz CT molecular complexity index is 685. The first-order chi connectivity index (χ1) is 11.4. The van der Waals surface area contributed by atoms with Crippen LogP contribution in [0.4, 0.5) is 0 Å². The maximum Gasteiger partial charge on any atom is 0.289 e. The summed E-state index contributed by atoms with van der Waals surface area (Å²) in [6, 6.07) is 1.84. The Morgan fingerprint density at radius 1 is 1.29 bits per heavy atom. The van der Waals surface area contributed by atoms with E-state index >= 15 is 0 Å². The van der Waals surface area contributed by atoms with Crippen LogP contribution in [0.1, 0.15) is 50.1 Å². The van der Waals surface area contributed by atoms with Gasteiger partial charge in [0.2, 0.25) is 5.82 Å². The van der Waals surface area contributed by atoms with E-state index in [9.17, 15) is 9.90 Å². The van der Waals surface area contributed by atoms with Gasteiger partial charge in [-0.2, -0.15) is 0 Å². The Labute approximate surface area is 141 Å². The SMILES string of the molecule is CC(C)(O)C1CCC(NC(=O)c2nccc(-n3ccnc3)n2)CC1. The minimum atomic E-state index is -0.656. The molecule has 7 heteroatoms. The normalized spacial score (nSPS) is 21.5. The van der Waals surface area contributed by atoms with Gasteiger partial charge in [-0.3, -0.25) is 9.36 Å². The van der Waals surface area contributed by atoms with Crippen LogP contribution in [-0.4, -0.2) is 42.2 Å². The van der Waals surface area contributed by atoms with E-state index in [-0.39, 0.29) is 23.7 Å². The molecule has 1 fully saturated rings. The molecule has 0 radical (unpaired) electrons. The summed E-state index contributed by atoms with van der Waals surface area (Å²) < 4.78 is 1.73. The van der Waals surface area contributed by atoms with E-state index in [1.54, 1.807) is 35.6 Å². The molecule has 0 atom stereocenters. The van der Waals surface area contributed by atoms with Crippen LogP contribution < -0.4 is 5.32 Å². The van der Waals surface area contributed by atoms with Crippen molar-refractivity contribution in [3.63, 3.8) is 0 Å². The molecular formula is C17H23N5O2. The fourth-order valence-corrected chi connectivity index (χ4v) is 3.19. The van der Waals surface area contributed by atoms with E-state index in [4.69, 9.17) is 0 Å². The lowest BCUT2D eigenvalue weighted by Gasteiger charge is -2.35. The number of hydrogen-bond acceptors (Lipinski definition) is 5. The van der Waals surface area contributed by atoms with Gasteiger partial charge in [-0.1, -0.05) is 0 Å². The number of amides is 1. The number of nitrogens with zero attached hydrogens (tertiary/aromatic N) is 4. The van der Waals surface area contributed by atoms with Gasteiger partial charge in [-0.15, -0.1) is 0 Å². The van der Waals surface area contributed by atoms with Crippen LogP contribution in [0.5, 0.6) is 0 Å². The first-order valence-corrected chi connectivity index (χ1v) is 8.28. The van der Waals surface area contributed by atoms with Gasteiger partial charge in [0.1, 0.15) is 12.1 Å². The van der Waals surface area contributed by atoms with Crippen molar-refractivity contribution in [2.45, 2.75) is 51.2 Å². The lowest BCUT2D eigenvalue weighted by Crippen LogP contribution is -2.42. The third-order valence-corrected chi connectivity index (χ3v) is 4.67. The molecular weight excluding hydrogens is 306 g/mol. The summed E-state index contributed by atoms with van der Waals surface area (Å²) in [4.78, 5) is 24.7. The second-order valence-electron chi connectivity index (χ2n) is 6.88. The van der Waals surface area contributed by atoms with Gasteiger partial charge in [0.15, 0.2) is 0 Å². The van der Waals surface area contributed by atoms with Crippen molar-refractivity contribution in [1.29, 1.82) is 0 Å². The molecule has 24 heavy (non-hydrogen) atoms. The molecule has 128 valence electrons. The van der Waals surface area contributed by atoms with Crippen LogP contribution in [0.25, 0.3) is 5.82 Å². The molecule has 0 saturated heterocycles. The van der Waals surface area contributed by atoms with Gasteiger partial charge >= 0.3 is 0 Å². The maximum atomic E-state index is 12.4. The van der Waals surface area contributed by atoms with Crippen molar-refractivity contribution in [3.05, 3.63) is 36.8 Å². The standard InChI is InChI=1S/C17H23N5O2/c1-17(2,24)12-3-5-13(6-4-12)20-16(23)15-19-8-7-14(21-15)22-10-9-18-11-22/h7-13,24H,3-6H2,1-2H3,(H,20,23). The molecule has 3 rings (SSSR count). The third-order valence-electron chi connectivity index (χ3n) is 4.67. The Hall–Kier alpha value is -2.28. The average Bonchev–Trinajstić information content (AvgIpc) is 3.09. The van der Waals surface area contributed by atoms with Crippen LogP contribution in [0.2, 0.25) is 0 Å². The topological polar surface area (TPSA) is 92.9 Å². The van der Waals surface area contributed by atoms with Gasteiger partial charge in [-0.25, -0.2) is 15.0 Å². The molecule has 0 spiro atoms. The highest BCUT2D eigenvalue weighted by atomic mass is 16.3. The van der Waals surface area contributed by atoms with Crippen LogP contribution in [-0.2, 0) is 0 Å². The van der Waals surface area contributed by atoms with E-state index in [0.717, 1.165) is 25.7 Å². The quantitative estimate of drug-likeness (QED) is 0.891. The number of aliphatic hydroxyl groups is 1. The summed E-state index contributed by atoms with van der Waals surface area (Å²) >= 11 is 0. The molecule has 2 N–H and O–H groups in total. The largest absolute Gasteiger partial charge is 0.390 e. The fraction of sp³-hybridized carbons (Fsp3) is 0.529. The van der Waals surface area contributed by atoms with Crippen molar-refractivity contribution in [2.24, 2.45) is 5.92 Å². The highest BCUT2D eigenvalue weighted by Crippen LogP contribution is 2.32. The van der Waals surface area contributed by atoms with E-state index in [2.05, 4.69) is 20.3 Å². The van der Waals surface area contributed by atoms with E-state index in [1.165, 1.54) is 0 Å². The Morgan fingerprint density at radius 2 is 2.04 bits per heavy atom. The maximum absolute atomic E-state index is 12.4. The lowest BCUT2D eigenvalue weighted by atomic mass is 9.77. The monoisotopic (exact) mass is 329 g/mol. The second kappa shape index (κ2) is 6.68. The number of carbonyl (C=O) groups is 1. The van der Waals surface area contributed by atoms with Crippen LogP contribution in [0, 0.1) is 5.92 Å². The molecule has 2 aromatic heterocycles. The van der Waals surface area contributed by atoms with Gasteiger partial charge in [-0.05, 0) is 51.5 Å². The van der Waals surface area contributed by atoms with E-state index in [0.29, 0.717) is 5.82 Å². The summed E-state index contributed by atoms with van der Waals surface area (Å²) in [7, 11) is 0. The van der Waals surface area contributed by atoms with Crippen molar-refractivity contribution in [2.75, 3.05) is 0 Å². The Kier molecular flexibility index (Phi) is 4.62. The molecule has 1 saturated carbocycles. The molecule has 0 bridgehead atoms. The molecule has 1 aliphatic rings. The van der Waals surface area contributed by atoms with Crippen LogP contribution in [0.15, 0.2) is 31.0 Å². The fourth-order valence-electron chi connectivity index (χ4n) is 3.19. The van der Waals surface area contributed by atoms with E-state index in [1.807, 2.05) is 13.8 Å². The molecule has 1 aliphatic carbocycles. The van der Waals surface area contributed by atoms with E-state index < -0.39 is 5.60 Å². The lowest BCUT2D eigenvalue weighted by molar-refractivity contribution is -0.00259. The minimum Gasteiger partial charge on any atom is -0.390 e. The third kappa shape index (κ3) is 3.79. The summed E-state index contributed by atoms with van der Waals surface area (Å²) in [5.74, 6) is 0.791. The summed E-state index contributed by atoms with van der Waals surface area (Å²) in [5.41, 5.74) is -0.656. The van der Waals surface area contributed by atoms with Crippen molar-refractivity contribution < 1.29 is 9.90 Å². The summed E-state index contributed by atoms with van der Waals surface area (Å²) in [6.07, 6.45) is 10.2. The average molecular weight is 329 g/mol. The predicted molar refractivity (Wildman–Crippen MR) is 88.7 cm³/mol. The molecule has 0 unspecified atom stereocenters. The molecule has 0 aromatic carbocycles. The van der Waals surface area contributed by atoms with Crippen molar-refractivity contribution >= 4 is 5.91 Å². The number of rotatable bonds is 4. The molecule has 2 heterocycles. The van der Waals surface area contributed by atoms with Crippen LogP contribution >= 0.6 is 0 Å². The van der Waals surface area contributed by atoms with Gasteiger partial charge < -0.3 is 10.4 Å².